The summed E-state index contributed by atoms with van der Waals surface area (Å²) in [5, 5.41) is 2.83. The van der Waals surface area contributed by atoms with Gasteiger partial charge in [0, 0.05) is 19.5 Å². The van der Waals surface area contributed by atoms with Crippen LogP contribution in [-0.2, 0) is 4.79 Å². The van der Waals surface area contributed by atoms with Crippen LogP contribution in [-0.4, -0.2) is 37.5 Å². The van der Waals surface area contributed by atoms with Crippen LogP contribution in [0.25, 0.3) is 0 Å². The van der Waals surface area contributed by atoms with E-state index in [0.29, 0.717) is 12.0 Å². The van der Waals surface area contributed by atoms with Crippen molar-refractivity contribution in [2.75, 3.05) is 20.6 Å². The van der Waals surface area contributed by atoms with Crippen LogP contribution in [0, 0.1) is 5.92 Å². The fourth-order valence-electron chi connectivity index (χ4n) is 1.26. The third-order valence-electron chi connectivity index (χ3n) is 1.99. The van der Waals surface area contributed by atoms with E-state index in [1.165, 1.54) is 0 Å². The Morgan fingerprint density at radius 1 is 1.42 bits per heavy atom. The molecule has 0 aliphatic carbocycles. The second kappa shape index (κ2) is 5.14. The van der Waals surface area contributed by atoms with E-state index in [-0.39, 0.29) is 5.91 Å². The molecule has 0 aromatic carbocycles. The molecule has 0 saturated carbocycles. The van der Waals surface area contributed by atoms with Crippen LogP contribution >= 0.6 is 0 Å². The number of hydrogen-bond donors (Lipinski definition) is 1. The molecule has 0 aliphatic heterocycles. The molecule has 0 aromatic heterocycles. The Kier molecular flexibility index (Phi) is 4.90. The number of likely N-dealkylation sites (N-methyl/N-ethyl adjacent to an activating group) is 1. The topological polar surface area (TPSA) is 32.3 Å². The number of rotatable bonds is 4. The molecule has 0 heterocycles. The summed E-state index contributed by atoms with van der Waals surface area (Å²) in [7, 11) is 4.07. The molecule has 3 heteroatoms. The Bertz CT molecular complexity index is 135. The Balaban J connectivity index is 3.88. The Labute approximate surface area is 75.1 Å². The van der Waals surface area contributed by atoms with Gasteiger partial charge in [0.1, 0.15) is 0 Å². The largest absolute Gasteiger partial charge is 0.355 e. The quantitative estimate of drug-likeness (QED) is 0.677. The molecule has 3 nitrogen and oxygen atoms in total. The fourth-order valence-corrected chi connectivity index (χ4v) is 1.26. The minimum Gasteiger partial charge on any atom is -0.355 e. The Morgan fingerprint density at radius 2 is 1.92 bits per heavy atom. The van der Waals surface area contributed by atoms with Gasteiger partial charge in [-0.1, -0.05) is 13.8 Å². The number of nitrogens with zero attached hydrogens (tertiary/aromatic N) is 1. The van der Waals surface area contributed by atoms with Crippen molar-refractivity contribution >= 4 is 5.91 Å². The lowest BCUT2D eigenvalue weighted by Crippen LogP contribution is -2.42. The van der Waals surface area contributed by atoms with Crippen LogP contribution in [0.4, 0.5) is 0 Å². The normalized spacial score (nSPS) is 13.6. The molecule has 0 aromatic rings. The van der Waals surface area contributed by atoms with Crippen molar-refractivity contribution in [3.63, 3.8) is 0 Å². The highest BCUT2D eigenvalue weighted by atomic mass is 16.1. The highest BCUT2D eigenvalue weighted by molar-refractivity contribution is 5.72. The minimum atomic E-state index is 0.0440. The first-order valence-corrected chi connectivity index (χ1v) is 4.36. The second-order valence-corrected chi connectivity index (χ2v) is 3.71. The molecule has 0 rings (SSSR count). The molecule has 0 bridgehead atoms. The van der Waals surface area contributed by atoms with Gasteiger partial charge in [-0.05, 0) is 20.0 Å². The number of nitrogens with one attached hydrogen (secondary N) is 1. The summed E-state index contributed by atoms with van der Waals surface area (Å²) in [5.74, 6) is 0.606. The van der Waals surface area contributed by atoms with Crippen molar-refractivity contribution in [3.8, 4) is 0 Å². The molecule has 72 valence electrons. The summed E-state index contributed by atoms with van der Waals surface area (Å²) in [6.07, 6.45) is 0. The average Bonchev–Trinajstić information content (AvgIpc) is 1.84. The van der Waals surface area contributed by atoms with Gasteiger partial charge in [0.2, 0.25) is 5.91 Å². The first kappa shape index (κ1) is 11.4. The Morgan fingerprint density at radius 3 is 2.17 bits per heavy atom. The van der Waals surface area contributed by atoms with Crippen LogP contribution in [0.2, 0.25) is 0 Å². The SMILES string of the molecule is CC(=O)NCC(C(C)C)N(C)C. The number of hydrogen-bond acceptors (Lipinski definition) is 2. The molecule has 1 N–H and O–H groups in total. The van der Waals surface area contributed by atoms with Crippen LogP contribution in [0.15, 0.2) is 0 Å². The average molecular weight is 172 g/mol. The molecule has 0 aliphatic rings. The van der Waals surface area contributed by atoms with E-state index in [4.69, 9.17) is 0 Å². The monoisotopic (exact) mass is 172 g/mol. The van der Waals surface area contributed by atoms with E-state index >= 15 is 0 Å². The molecule has 1 atom stereocenters. The zero-order valence-electron chi connectivity index (χ0n) is 8.72. The smallest absolute Gasteiger partial charge is 0.216 e. The summed E-state index contributed by atoms with van der Waals surface area (Å²) in [4.78, 5) is 12.8. The summed E-state index contributed by atoms with van der Waals surface area (Å²) < 4.78 is 0. The molecule has 0 saturated heterocycles. The third kappa shape index (κ3) is 4.34. The van der Waals surface area contributed by atoms with Crippen LogP contribution < -0.4 is 5.32 Å². The molecule has 0 radical (unpaired) electrons. The van der Waals surface area contributed by atoms with Gasteiger partial charge in [-0.3, -0.25) is 4.79 Å². The molecule has 1 amide bonds. The zero-order chi connectivity index (χ0) is 9.72. The molecule has 0 fully saturated rings. The van der Waals surface area contributed by atoms with Crippen LogP contribution in [0.5, 0.6) is 0 Å². The number of carbonyl (C=O) groups excluding carboxylic acids is 1. The van der Waals surface area contributed by atoms with E-state index in [9.17, 15) is 4.79 Å². The maximum absolute atomic E-state index is 10.7. The molecular weight excluding hydrogens is 152 g/mol. The van der Waals surface area contributed by atoms with E-state index in [1.807, 2.05) is 14.1 Å². The summed E-state index contributed by atoms with van der Waals surface area (Å²) in [6, 6.07) is 0.425. The van der Waals surface area contributed by atoms with Gasteiger partial charge in [-0.2, -0.15) is 0 Å². The maximum atomic E-state index is 10.7. The van der Waals surface area contributed by atoms with Gasteiger partial charge in [-0.15, -0.1) is 0 Å². The zero-order valence-corrected chi connectivity index (χ0v) is 8.72. The van der Waals surface area contributed by atoms with E-state index in [2.05, 4.69) is 24.1 Å². The van der Waals surface area contributed by atoms with Crippen LogP contribution in [0.1, 0.15) is 20.8 Å². The summed E-state index contributed by atoms with van der Waals surface area (Å²) in [5.41, 5.74) is 0. The van der Waals surface area contributed by atoms with Crippen LogP contribution in [0.3, 0.4) is 0 Å². The predicted octanol–water partition coefficient (Wildman–Crippen LogP) is 0.709. The molecule has 0 spiro atoms. The molecule has 1 unspecified atom stereocenters. The highest BCUT2D eigenvalue weighted by Gasteiger charge is 2.15. The lowest BCUT2D eigenvalue weighted by atomic mass is 10.0. The molecular formula is C9H20N2O. The van der Waals surface area contributed by atoms with Gasteiger partial charge in [0.15, 0.2) is 0 Å². The lowest BCUT2D eigenvalue weighted by Gasteiger charge is -2.27. The van der Waals surface area contributed by atoms with Gasteiger partial charge in [0.05, 0.1) is 0 Å². The van der Waals surface area contributed by atoms with E-state index < -0.39 is 0 Å². The van der Waals surface area contributed by atoms with Gasteiger partial charge < -0.3 is 10.2 Å². The van der Waals surface area contributed by atoms with Gasteiger partial charge in [-0.25, -0.2) is 0 Å². The summed E-state index contributed by atoms with van der Waals surface area (Å²) in [6.45, 7) is 6.60. The van der Waals surface area contributed by atoms with E-state index in [1.54, 1.807) is 6.92 Å². The summed E-state index contributed by atoms with van der Waals surface area (Å²) >= 11 is 0. The predicted molar refractivity (Wildman–Crippen MR) is 51.0 cm³/mol. The van der Waals surface area contributed by atoms with Crippen molar-refractivity contribution in [3.05, 3.63) is 0 Å². The van der Waals surface area contributed by atoms with Crippen molar-refractivity contribution < 1.29 is 4.79 Å². The van der Waals surface area contributed by atoms with Crippen molar-refractivity contribution in [1.29, 1.82) is 0 Å². The van der Waals surface area contributed by atoms with Crippen molar-refractivity contribution in [2.24, 2.45) is 5.92 Å². The maximum Gasteiger partial charge on any atom is 0.216 e. The Hall–Kier alpha value is -0.570. The first-order valence-electron chi connectivity index (χ1n) is 4.36. The van der Waals surface area contributed by atoms with Crippen molar-refractivity contribution in [2.45, 2.75) is 26.8 Å². The number of amides is 1. The standard InChI is InChI=1S/C9H20N2O/c1-7(2)9(11(4)5)6-10-8(3)12/h7,9H,6H2,1-5H3,(H,10,12). The fraction of sp³-hybridized carbons (Fsp3) is 0.889. The van der Waals surface area contributed by atoms with Crippen molar-refractivity contribution in [1.82, 2.24) is 10.2 Å². The second-order valence-electron chi connectivity index (χ2n) is 3.71. The van der Waals surface area contributed by atoms with E-state index in [0.717, 1.165) is 6.54 Å². The highest BCUT2D eigenvalue weighted by Crippen LogP contribution is 2.05. The minimum absolute atomic E-state index is 0.0440. The number of carbonyl (C=O) groups is 1. The lowest BCUT2D eigenvalue weighted by molar-refractivity contribution is -0.119. The first-order chi connectivity index (χ1) is 5.45. The third-order valence-corrected chi connectivity index (χ3v) is 1.99. The van der Waals surface area contributed by atoms with Gasteiger partial charge in [0.25, 0.3) is 0 Å². The van der Waals surface area contributed by atoms with Gasteiger partial charge >= 0.3 is 0 Å². The molecule has 12 heavy (non-hydrogen) atoms.